The maximum absolute atomic E-state index is 13.1. The lowest BCUT2D eigenvalue weighted by atomic mass is 10.1. The Bertz CT molecular complexity index is 1050. The van der Waals surface area contributed by atoms with Crippen molar-refractivity contribution < 1.29 is 22.4 Å². The fraction of sp³-hybridized carbons (Fsp3) is 0.182. The molecule has 0 radical (unpaired) electrons. The summed E-state index contributed by atoms with van der Waals surface area (Å²) in [5, 5.41) is 2.21. The lowest BCUT2D eigenvalue weighted by Gasteiger charge is -2.20. The molecule has 0 spiro atoms. The van der Waals surface area contributed by atoms with Gasteiger partial charge < -0.3 is 4.90 Å². The van der Waals surface area contributed by atoms with Gasteiger partial charge in [0, 0.05) is 17.5 Å². The van der Waals surface area contributed by atoms with Crippen molar-refractivity contribution in [3.63, 3.8) is 0 Å². The number of carbonyl (C=O) groups is 1. The van der Waals surface area contributed by atoms with E-state index in [1.807, 2.05) is 0 Å². The van der Waals surface area contributed by atoms with Crippen LogP contribution in [0.4, 0.5) is 17.6 Å². The molecule has 0 bridgehead atoms. The molecule has 1 amide bonds. The number of hydrogen-bond donors (Lipinski definition) is 0. The van der Waals surface area contributed by atoms with E-state index < -0.39 is 11.7 Å². The summed E-state index contributed by atoms with van der Waals surface area (Å²) in [5.74, 6) is 1.82. The highest BCUT2D eigenvalue weighted by molar-refractivity contribution is 7.13. The molecule has 3 rings (SSSR count). The molecule has 3 aromatic rings. The second-order valence-electron chi connectivity index (χ2n) is 6.48. The van der Waals surface area contributed by atoms with E-state index in [2.05, 4.69) is 10.9 Å². The molecule has 3 nitrogen and oxygen atoms in total. The van der Waals surface area contributed by atoms with Crippen molar-refractivity contribution in [1.29, 1.82) is 0 Å². The Morgan fingerprint density at radius 3 is 2.37 bits per heavy atom. The number of rotatable bonds is 6. The fourth-order valence-corrected chi connectivity index (χ4v) is 3.57. The average Bonchev–Trinajstić information content (AvgIpc) is 3.17. The normalized spacial score (nSPS) is 11.2. The highest BCUT2D eigenvalue weighted by atomic mass is 32.1. The first-order chi connectivity index (χ1) is 14.3. The summed E-state index contributed by atoms with van der Waals surface area (Å²) in [6.45, 7) is 0.325. The van der Waals surface area contributed by atoms with Crippen LogP contribution in [-0.2, 0) is 23.9 Å². The van der Waals surface area contributed by atoms with Gasteiger partial charge in [0.1, 0.15) is 10.8 Å². The standard InChI is InChI=1S/C22H16F4N2OS/c1-2-11-28(13-15-3-9-18(23)10-4-15)20(29)12-19-14-30-21(27-19)16-5-7-17(8-6-16)22(24,25)26/h1,3-10,14H,11-13H2. The van der Waals surface area contributed by atoms with Crippen molar-refractivity contribution in [3.05, 3.63) is 76.5 Å². The first-order valence-corrected chi connectivity index (χ1v) is 9.72. The molecule has 1 heterocycles. The summed E-state index contributed by atoms with van der Waals surface area (Å²) in [5.41, 5.74) is 1.05. The van der Waals surface area contributed by atoms with Gasteiger partial charge in [0.25, 0.3) is 0 Å². The highest BCUT2D eigenvalue weighted by Gasteiger charge is 2.30. The summed E-state index contributed by atoms with van der Waals surface area (Å²) in [4.78, 5) is 18.5. The Kier molecular flexibility index (Phi) is 6.53. The molecule has 1 aromatic heterocycles. The number of benzene rings is 2. The summed E-state index contributed by atoms with van der Waals surface area (Å²) in [7, 11) is 0. The number of aromatic nitrogens is 1. The molecule has 0 aliphatic rings. The Labute approximate surface area is 175 Å². The summed E-state index contributed by atoms with van der Waals surface area (Å²) in [6, 6.07) is 10.5. The molecule has 2 aromatic carbocycles. The topological polar surface area (TPSA) is 33.2 Å². The highest BCUT2D eigenvalue weighted by Crippen LogP contribution is 2.31. The minimum Gasteiger partial charge on any atom is -0.327 e. The van der Waals surface area contributed by atoms with Crippen LogP contribution in [0.25, 0.3) is 10.6 Å². The third-order valence-corrected chi connectivity index (χ3v) is 5.20. The van der Waals surface area contributed by atoms with Gasteiger partial charge >= 0.3 is 6.18 Å². The number of alkyl halides is 3. The Morgan fingerprint density at radius 2 is 1.77 bits per heavy atom. The van der Waals surface area contributed by atoms with E-state index in [9.17, 15) is 22.4 Å². The van der Waals surface area contributed by atoms with Crippen LogP contribution < -0.4 is 0 Å². The van der Waals surface area contributed by atoms with Gasteiger partial charge in [0.05, 0.1) is 24.2 Å². The second-order valence-corrected chi connectivity index (χ2v) is 7.33. The zero-order chi connectivity index (χ0) is 21.7. The molecule has 0 aliphatic carbocycles. The number of halogens is 4. The van der Waals surface area contributed by atoms with Gasteiger partial charge in [-0.15, -0.1) is 17.8 Å². The number of hydrogen-bond acceptors (Lipinski definition) is 3. The summed E-state index contributed by atoms with van der Waals surface area (Å²) in [6.07, 6.45) is 0.965. The molecule has 0 aliphatic heterocycles. The molecule has 0 atom stereocenters. The van der Waals surface area contributed by atoms with Crippen LogP contribution in [0.2, 0.25) is 0 Å². The molecule has 0 N–H and O–H groups in total. The van der Waals surface area contributed by atoms with E-state index in [-0.39, 0.29) is 31.2 Å². The molecule has 0 saturated heterocycles. The first kappa shape index (κ1) is 21.5. The van der Waals surface area contributed by atoms with Crippen molar-refractivity contribution in [2.24, 2.45) is 0 Å². The number of carbonyl (C=O) groups excluding carboxylic acids is 1. The van der Waals surface area contributed by atoms with Crippen molar-refractivity contribution in [2.75, 3.05) is 6.54 Å². The smallest absolute Gasteiger partial charge is 0.327 e. The molecular weight excluding hydrogens is 416 g/mol. The Balaban J connectivity index is 1.69. The van der Waals surface area contributed by atoms with E-state index >= 15 is 0 Å². The predicted octanol–water partition coefficient (Wildman–Crippen LogP) is 5.17. The van der Waals surface area contributed by atoms with Crippen molar-refractivity contribution >= 4 is 17.2 Å². The van der Waals surface area contributed by atoms with Crippen LogP contribution in [0.3, 0.4) is 0 Å². The molecule has 0 saturated carbocycles. The van der Waals surface area contributed by atoms with E-state index in [0.717, 1.165) is 17.7 Å². The second kappa shape index (κ2) is 9.09. The van der Waals surface area contributed by atoms with Crippen LogP contribution in [-0.4, -0.2) is 22.3 Å². The van der Waals surface area contributed by atoms with E-state index in [4.69, 9.17) is 6.42 Å². The molecular formula is C22H16F4N2OS. The molecule has 154 valence electrons. The summed E-state index contributed by atoms with van der Waals surface area (Å²) >= 11 is 1.24. The largest absolute Gasteiger partial charge is 0.416 e. The Morgan fingerprint density at radius 1 is 1.10 bits per heavy atom. The summed E-state index contributed by atoms with van der Waals surface area (Å²) < 4.78 is 51.2. The maximum atomic E-state index is 13.1. The lowest BCUT2D eigenvalue weighted by molar-refractivity contribution is -0.137. The number of nitrogens with zero attached hydrogens (tertiary/aromatic N) is 2. The molecule has 30 heavy (non-hydrogen) atoms. The quantitative estimate of drug-likeness (QED) is 0.398. The number of terminal acetylenes is 1. The van der Waals surface area contributed by atoms with Crippen molar-refractivity contribution in [1.82, 2.24) is 9.88 Å². The monoisotopic (exact) mass is 432 g/mol. The van der Waals surface area contributed by atoms with Gasteiger partial charge in [0.2, 0.25) is 5.91 Å². The molecule has 8 heteroatoms. The van der Waals surface area contributed by atoms with Gasteiger partial charge in [-0.1, -0.05) is 30.2 Å². The van der Waals surface area contributed by atoms with Crippen LogP contribution in [0, 0.1) is 18.2 Å². The SMILES string of the molecule is C#CCN(Cc1ccc(F)cc1)C(=O)Cc1csc(-c2ccc(C(F)(F)F)cc2)n1. The van der Waals surface area contributed by atoms with Gasteiger partial charge in [0.15, 0.2) is 0 Å². The van der Waals surface area contributed by atoms with E-state index in [1.165, 1.54) is 40.5 Å². The van der Waals surface area contributed by atoms with E-state index in [0.29, 0.717) is 16.3 Å². The minimum absolute atomic E-state index is 0.00000929. The third kappa shape index (κ3) is 5.45. The van der Waals surface area contributed by atoms with Crippen LogP contribution >= 0.6 is 11.3 Å². The first-order valence-electron chi connectivity index (χ1n) is 8.84. The van der Waals surface area contributed by atoms with Gasteiger partial charge in [-0.3, -0.25) is 4.79 Å². The number of thiazole rings is 1. The third-order valence-electron chi connectivity index (χ3n) is 4.26. The zero-order valence-corrected chi connectivity index (χ0v) is 16.4. The predicted molar refractivity (Wildman–Crippen MR) is 107 cm³/mol. The average molecular weight is 432 g/mol. The maximum Gasteiger partial charge on any atom is 0.416 e. The lowest BCUT2D eigenvalue weighted by Crippen LogP contribution is -2.32. The van der Waals surface area contributed by atoms with Crippen molar-refractivity contribution in [3.8, 4) is 22.9 Å². The van der Waals surface area contributed by atoms with Crippen LogP contribution in [0.15, 0.2) is 53.9 Å². The van der Waals surface area contributed by atoms with Gasteiger partial charge in [-0.2, -0.15) is 13.2 Å². The fourth-order valence-electron chi connectivity index (χ4n) is 2.74. The van der Waals surface area contributed by atoms with Gasteiger partial charge in [-0.05, 0) is 29.8 Å². The van der Waals surface area contributed by atoms with Gasteiger partial charge in [-0.25, -0.2) is 9.37 Å². The molecule has 0 fully saturated rings. The van der Waals surface area contributed by atoms with Crippen LogP contribution in [0.5, 0.6) is 0 Å². The zero-order valence-electron chi connectivity index (χ0n) is 15.6. The van der Waals surface area contributed by atoms with E-state index in [1.54, 1.807) is 17.5 Å². The number of amides is 1. The van der Waals surface area contributed by atoms with Crippen LogP contribution in [0.1, 0.15) is 16.8 Å². The minimum atomic E-state index is -4.40. The molecule has 0 unspecified atom stereocenters. The Hall–Kier alpha value is -3.18. The van der Waals surface area contributed by atoms with Crippen molar-refractivity contribution in [2.45, 2.75) is 19.1 Å².